The third kappa shape index (κ3) is 4.72. The number of aromatic nitrogens is 2. The predicted molar refractivity (Wildman–Crippen MR) is 100 cm³/mol. The minimum Gasteiger partial charge on any atom is -0.357 e. The molecule has 1 aromatic rings. The summed E-state index contributed by atoms with van der Waals surface area (Å²) in [7, 11) is 6.16. The van der Waals surface area contributed by atoms with Crippen LogP contribution in [-0.4, -0.2) is 54.4 Å². The quantitative estimate of drug-likeness (QED) is 0.565. The molecule has 1 aliphatic rings. The summed E-state index contributed by atoms with van der Waals surface area (Å²) >= 11 is 0. The van der Waals surface area contributed by atoms with Gasteiger partial charge >= 0.3 is 0 Å². The van der Waals surface area contributed by atoms with Gasteiger partial charge in [-0.15, -0.1) is 0 Å². The zero-order chi connectivity index (χ0) is 17.6. The molecular formula is C18H34N6. The lowest BCUT2D eigenvalue weighted by molar-refractivity contribution is 0.139. The zero-order valence-corrected chi connectivity index (χ0v) is 16.0. The lowest BCUT2D eigenvalue weighted by atomic mass is 9.67. The van der Waals surface area contributed by atoms with Gasteiger partial charge in [0.05, 0.1) is 12.2 Å². The highest BCUT2D eigenvalue weighted by Gasteiger charge is 2.34. The van der Waals surface area contributed by atoms with Crippen LogP contribution in [0.2, 0.25) is 0 Å². The lowest BCUT2D eigenvalue weighted by Crippen LogP contribution is -2.43. The van der Waals surface area contributed by atoms with Gasteiger partial charge in [0.25, 0.3) is 0 Å². The maximum absolute atomic E-state index is 4.86. The van der Waals surface area contributed by atoms with Gasteiger partial charge in [-0.1, -0.05) is 13.3 Å². The van der Waals surface area contributed by atoms with Crippen LogP contribution in [0.4, 0.5) is 0 Å². The van der Waals surface area contributed by atoms with E-state index in [1.165, 1.54) is 31.2 Å². The van der Waals surface area contributed by atoms with Crippen molar-refractivity contribution >= 4 is 5.96 Å². The van der Waals surface area contributed by atoms with Crippen molar-refractivity contribution in [2.75, 3.05) is 33.7 Å². The van der Waals surface area contributed by atoms with Gasteiger partial charge in [-0.2, -0.15) is 5.10 Å². The highest BCUT2D eigenvalue weighted by Crippen LogP contribution is 2.43. The Morgan fingerprint density at radius 3 is 2.58 bits per heavy atom. The van der Waals surface area contributed by atoms with Gasteiger partial charge in [-0.05, 0) is 45.7 Å². The van der Waals surface area contributed by atoms with E-state index in [-0.39, 0.29) is 6.04 Å². The third-order valence-electron chi connectivity index (χ3n) is 5.28. The van der Waals surface area contributed by atoms with E-state index in [9.17, 15) is 0 Å². The van der Waals surface area contributed by atoms with Gasteiger partial charge in [0, 0.05) is 38.4 Å². The van der Waals surface area contributed by atoms with E-state index in [4.69, 9.17) is 4.99 Å². The topological polar surface area (TPSA) is 57.5 Å². The molecule has 1 saturated carbocycles. The molecule has 0 bridgehead atoms. The fourth-order valence-electron chi connectivity index (χ4n) is 3.29. The summed E-state index contributed by atoms with van der Waals surface area (Å²) in [6, 6.07) is 0.270. The van der Waals surface area contributed by atoms with Crippen molar-refractivity contribution in [2.45, 2.75) is 45.6 Å². The van der Waals surface area contributed by atoms with Gasteiger partial charge in [-0.3, -0.25) is 9.67 Å². The molecule has 0 aliphatic heterocycles. The van der Waals surface area contributed by atoms with Crippen molar-refractivity contribution < 1.29 is 0 Å². The third-order valence-corrected chi connectivity index (χ3v) is 5.28. The van der Waals surface area contributed by atoms with Crippen molar-refractivity contribution in [1.82, 2.24) is 25.3 Å². The number of hydrogen-bond donors (Lipinski definition) is 2. The van der Waals surface area contributed by atoms with Crippen molar-refractivity contribution in [1.29, 1.82) is 0 Å². The molecule has 0 saturated heterocycles. The second-order valence-corrected chi connectivity index (χ2v) is 7.21. The number of guanidine groups is 1. The minimum atomic E-state index is 0.270. The van der Waals surface area contributed by atoms with E-state index >= 15 is 0 Å². The van der Waals surface area contributed by atoms with Crippen LogP contribution in [0.5, 0.6) is 0 Å². The predicted octanol–water partition coefficient (Wildman–Crippen LogP) is 2.16. The number of nitrogens with one attached hydrogen (secondary N) is 2. The maximum Gasteiger partial charge on any atom is 0.191 e. The first-order chi connectivity index (χ1) is 11.5. The number of hydrogen-bond acceptors (Lipinski definition) is 3. The molecule has 1 heterocycles. The average Bonchev–Trinajstić information content (AvgIpc) is 2.92. The minimum absolute atomic E-state index is 0.270. The molecule has 2 rings (SSSR count). The zero-order valence-electron chi connectivity index (χ0n) is 16.0. The van der Waals surface area contributed by atoms with Crippen LogP contribution >= 0.6 is 0 Å². The Morgan fingerprint density at radius 1 is 1.38 bits per heavy atom. The summed E-state index contributed by atoms with van der Waals surface area (Å²) in [6.45, 7) is 7.02. The van der Waals surface area contributed by atoms with Gasteiger partial charge in [0.2, 0.25) is 0 Å². The second-order valence-electron chi connectivity index (χ2n) is 7.21. The summed E-state index contributed by atoms with van der Waals surface area (Å²) in [5, 5.41) is 11.2. The monoisotopic (exact) mass is 334 g/mol. The average molecular weight is 335 g/mol. The molecule has 24 heavy (non-hydrogen) atoms. The first-order valence-corrected chi connectivity index (χ1v) is 9.17. The van der Waals surface area contributed by atoms with Crippen LogP contribution in [0.25, 0.3) is 0 Å². The standard InChI is InChI=1S/C18H34N6/c1-6-18(9-8-10-18)14-21-17(19-7-2)20-12-16(23(3)4)15-11-22-24(5)13-15/h11,13,16H,6-10,12,14H2,1-5H3,(H2,19,20,21). The molecule has 6 heteroatoms. The van der Waals surface area contributed by atoms with E-state index in [1.54, 1.807) is 0 Å². The summed E-state index contributed by atoms with van der Waals surface area (Å²) in [5.74, 6) is 0.924. The molecule has 1 atom stereocenters. The van der Waals surface area contributed by atoms with Crippen LogP contribution < -0.4 is 10.6 Å². The number of aliphatic imine (C=N–C) groups is 1. The molecule has 1 aromatic heterocycles. The molecule has 2 N–H and O–H groups in total. The molecule has 1 fully saturated rings. The van der Waals surface area contributed by atoms with Gasteiger partial charge in [0.1, 0.15) is 0 Å². The largest absolute Gasteiger partial charge is 0.357 e. The first-order valence-electron chi connectivity index (χ1n) is 9.17. The summed E-state index contributed by atoms with van der Waals surface area (Å²) in [5.41, 5.74) is 1.67. The van der Waals surface area contributed by atoms with Gasteiger partial charge < -0.3 is 15.5 Å². The Labute approximate surface area is 146 Å². The normalized spacial score (nSPS) is 18.3. The second kappa shape index (κ2) is 8.51. The fourth-order valence-corrected chi connectivity index (χ4v) is 3.29. The van der Waals surface area contributed by atoms with E-state index in [0.29, 0.717) is 5.41 Å². The maximum atomic E-state index is 4.86. The molecule has 6 nitrogen and oxygen atoms in total. The Hall–Kier alpha value is -1.56. The molecule has 0 spiro atoms. The number of nitrogens with zero attached hydrogens (tertiary/aromatic N) is 4. The lowest BCUT2D eigenvalue weighted by Gasteiger charge is -2.40. The summed E-state index contributed by atoms with van der Waals surface area (Å²) in [6.07, 6.45) is 9.25. The van der Waals surface area contributed by atoms with Crippen LogP contribution in [0.1, 0.15) is 51.1 Å². The van der Waals surface area contributed by atoms with E-state index < -0.39 is 0 Å². The molecule has 0 amide bonds. The molecular weight excluding hydrogens is 300 g/mol. The van der Waals surface area contributed by atoms with Crippen LogP contribution in [0.3, 0.4) is 0 Å². The smallest absolute Gasteiger partial charge is 0.191 e. The van der Waals surface area contributed by atoms with Crippen molar-refractivity contribution in [2.24, 2.45) is 17.5 Å². The van der Waals surface area contributed by atoms with E-state index in [2.05, 4.69) is 54.8 Å². The molecule has 1 unspecified atom stereocenters. The van der Waals surface area contributed by atoms with Crippen LogP contribution in [0, 0.1) is 5.41 Å². The van der Waals surface area contributed by atoms with Gasteiger partial charge in [-0.25, -0.2) is 0 Å². The molecule has 1 aliphatic carbocycles. The van der Waals surface area contributed by atoms with Crippen LogP contribution in [-0.2, 0) is 7.05 Å². The van der Waals surface area contributed by atoms with E-state index in [1.807, 2.05) is 17.9 Å². The van der Waals surface area contributed by atoms with Crippen molar-refractivity contribution in [3.05, 3.63) is 18.0 Å². The SMILES string of the molecule is CCNC(=NCC1(CC)CCC1)NCC(c1cnn(C)c1)N(C)C. The number of rotatable bonds is 8. The van der Waals surface area contributed by atoms with Gasteiger partial charge in [0.15, 0.2) is 5.96 Å². The Balaban J connectivity index is 1.98. The van der Waals surface area contributed by atoms with Crippen molar-refractivity contribution in [3.8, 4) is 0 Å². The van der Waals surface area contributed by atoms with E-state index in [0.717, 1.165) is 25.6 Å². The molecule has 136 valence electrons. The highest BCUT2D eigenvalue weighted by molar-refractivity contribution is 5.79. The Bertz CT molecular complexity index is 524. The molecule has 0 aromatic carbocycles. The summed E-state index contributed by atoms with van der Waals surface area (Å²) in [4.78, 5) is 7.08. The first kappa shape index (κ1) is 18.8. The fraction of sp³-hybridized carbons (Fsp3) is 0.778. The number of aryl methyl sites for hydroxylation is 1. The number of likely N-dealkylation sites (N-methyl/N-ethyl adjacent to an activating group) is 1. The van der Waals surface area contributed by atoms with Crippen LogP contribution in [0.15, 0.2) is 17.4 Å². The Morgan fingerprint density at radius 2 is 2.12 bits per heavy atom. The summed E-state index contributed by atoms with van der Waals surface area (Å²) < 4.78 is 1.85. The molecule has 0 radical (unpaired) electrons. The Kier molecular flexibility index (Phi) is 6.66. The van der Waals surface area contributed by atoms with Crippen molar-refractivity contribution in [3.63, 3.8) is 0 Å². The highest BCUT2D eigenvalue weighted by atomic mass is 15.3.